The lowest BCUT2D eigenvalue weighted by atomic mass is 9.93. The Labute approximate surface area is 166 Å². The maximum absolute atomic E-state index is 6.52. The van der Waals surface area contributed by atoms with Gasteiger partial charge in [0.05, 0.1) is 11.0 Å². The minimum atomic E-state index is 0.711. The zero-order valence-electron chi connectivity index (χ0n) is 14.2. The third kappa shape index (κ3) is 2.78. The fourth-order valence-electron chi connectivity index (χ4n) is 3.53. The maximum atomic E-state index is 6.52. The number of aromatic amines is 1. The molecule has 0 fully saturated rings. The van der Waals surface area contributed by atoms with Gasteiger partial charge in [0.1, 0.15) is 5.82 Å². The minimum Gasteiger partial charge on any atom is -0.338 e. The molecule has 0 aliphatic carbocycles. The molecule has 0 bridgehead atoms. The fourth-order valence-corrected chi connectivity index (χ4v) is 3.95. The number of para-hydroxylation sites is 2. The number of nitrogens with one attached hydrogen (secondary N) is 1. The Hall–Kier alpha value is -2.81. The van der Waals surface area contributed by atoms with Gasteiger partial charge in [0, 0.05) is 21.2 Å². The SMILES string of the molecule is Clc1ccc2c(-c3nc4ccccc4[nH]3)c(-c3ccccc3Cl)ccc2c1. The second kappa shape index (κ2) is 6.41. The van der Waals surface area contributed by atoms with E-state index in [1.807, 2.05) is 66.7 Å². The first-order valence-corrected chi connectivity index (χ1v) is 9.38. The van der Waals surface area contributed by atoms with Gasteiger partial charge >= 0.3 is 0 Å². The van der Waals surface area contributed by atoms with Crippen molar-refractivity contribution in [1.82, 2.24) is 9.97 Å². The van der Waals surface area contributed by atoms with Crippen molar-refractivity contribution < 1.29 is 0 Å². The molecule has 4 heteroatoms. The maximum Gasteiger partial charge on any atom is 0.139 e. The van der Waals surface area contributed by atoms with E-state index in [2.05, 4.69) is 17.1 Å². The molecule has 0 amide bonds. The van der Waals surface area contributed by atoms with Gasteiger partial charge in [0.2, 0.25) is 0 Å². The van der Waals surface area contributed by atoms with Crippen LogP contribution in [0.1, 0.15) is 0 Å². The molecule has 0 saturated heterocycles. The summed E-state index contributed by atoms with van der Waals surface area (Å²) in [6.07, 6.45) is 0. The number of halogens is 2. The molecule has 0 saturated carbocycles. The predicted octanol–water partition coefficient (Wildman–Crippen LogP) is 7.36. The zero-order valence-corrected chi connectivity index (χ0v) is 15.7. The highest BCUT2D eigenvalue weighted by Gasteiger charge is 2.17. The molecule has 0 aliphatic rings. The van der Waals surface area contributed by atoms with E-state index in [4.69, 9.17) is 28.2 Å². The van der Waals surface area contributed by atoms with Crippen molar-refractivity contribution in [3.63, 3.8) is 0 Å². The van der Waals surface area contributed by atoms with Crippen molar-refractivity contribution in [3.8, 4) is 22.5 Å². The van der Waals surface area contributed by atoms with Gasteiger partial charge in [-0.1, -0.05) is 71.7 Å². The van der Waals surface area contributed by atoms with Gasteiger partial charge in [0.25, 0.3) is 0 Å². The summed E-state index contributed by atoms with van der Waals surface area (Å²) in [6.45, 7) is 0. The summed E-state index contributed by atoms with van der Waals surface area (Å²) in [5.74, 6) is 0.819. The number of imidazole rings is 1. The van der Waals surface area contributed by atoms with Crippen molar-refractivity contribution in [2.45, 2.75) is 0 Å². The Morgan fingerprint density at radius 1 is 0.741 bits per heavy atom. The summed E-state index contributed by atoms with van der Waals surface area (Å²) < 4.78 is 0. The topological polar surface area (TPSA) is 28.7 Å². The highest BCUT2D eigenvalue weighted by atomic mass is 35.5. The number of rotatable bonds is 2. The molecule has 4 aromatic carbocycles. The van der Waals surface area contributed by atoms with Crippen molar-refractivity contribution in [3.05, 3.63) is 88.9 Å². The van der Waals surface area contributed by atoms with E-state index in [9.17, 15) is 0 Å². The molecule has 0 atom stereocenters. The van der Waals surface area contributed by atoms with Gasteiger partial charge < -0.3 is 4.98 Å². The van der Waals surface area contributed by atoms with Crippen LogP contribution in [0.2, 0.25) is 10.0 Å². The molecule has 5 rings (SSSR count). The van der Waals surface area contributed by atoms with Crippen LogP contribution in [0.25, 0.3) is 44.3 Å². The summed E-state index contributed by atoms with van der Waals surface area (Å²) in [5.41, 5.74) is 4.97. The molecule has 5 aromatic rings. The first-order valence-electron chi connectivity index (χ1n) is 8.63. The first-order chi connectivity index (χ1) is 13.2. The summed E-state index contributed by atoms with van der Waals surface area (Å²) in [4.78, 5) is 8.30. The predicted molar refractivity (Wildman–Crippen MR) is 114 cm³/mol. The van der Waals surface area contributed by atoms with Crippen LogP contribution in [0.15, 0.2) is 78.9 Å². The van der Waals surface area contributed by atoms with Crippen LogP contribution in [0.5, 0.6) is 0 Å². The molecule has 0 spiro atoms. The van der Waals surface area contributed by atoms with Gasteiger partial charge in [0.15, 0.2) is 0 Å². The molecular formula is C23H14Cl2N2. The number of benzene rings is 4. The number of hydrogen-bond acceptors (Lipinski definition) is 1. The fraction of sp³-hybridized carbons (Fsp3) is 0. The van der Waals surface area contributed by atoms with Crippen LogP contribution in [0.4, 0.5) is 0 Å². The molecule has 0 aliphatic heterocycles. The molecule has 27 heavy (non-hydrogen) atoms. The van der Waals surface area contributed by atoms with E-state index < -0.39 is 0 Å². The van der Waals surface area contributed by atoms with E-state index >= 15 is 0 Å². The Bertz CT molecular complexity index is 1270. The van der Waals surface area contributed by atoms with Gasteiger partial charge in [-0.3, -0.25) is 0 Å². The molecule has 0 unspecified atom stereocenters. The Balaban J connectivity index is 1.89. The van der Waals surface area contributed by atoms with Gasteiger partial charge in [-0.2, -0.15) is 0 Å². The molecule has 1 heterocycles. The smallest absolute Gasteiger partial charge is 0.139 e. The van der Waals surface area contributed by atoms with E-state index in [1.54, 1.807) is 0 Å². The standard InChI is InChI=1S/C23H14Cl2N2/c24-15-10-12-16-14(13-15)9-11-18(17-5-1-2-6-19(17)25)22(16)23-26-20-7-3-4-8-21(20)27-23/h1-13H,(H,26,27). The number of nitrogens with zero attached hydrogens (tertiary/aromatic N) is 1. The summed E-state index contributed by atoms with van der Waals surface area (Å²) in [7, 11) is 0. The Morgan fingerprint density at radius 3 is 2.41 bits per heavy atom. The van der Waals surface area contributed by atoms with Gasteiger partial charge in [-0.05, 0) is 46.7 Å². The van der Waals surface area contributed by atoms with Crippen molar-refractivity contribution in [2.24, 2.45) is 0 Å². The van der Waals surface area contributed by atoms with Crippen molar-refractivity contribution in [1.29, 1.82) is 0 Å². The number of aromatic nitrogens is 2. The third-order valence-corrected chi connectivity index (χ3v) is 5.34. The molecular weight excluding hydrogens is 375 g/mol. The third-order valence-electron chi connectivity index (χ3n) is 4.77. The van der Waals surface area contributed by atoms with Gasteiger partial charge in [-0.25, -0.2) is 4.98 Å². The average molecular weight is 389 g/mol. The lowest BCUT2D eigenvalue weighted by Crippen LogP contribution is -1.90. The first kappa shape index (κ1) is 16.4. The number of H-pyrrole nitrogens is 1. The van der Waals surface area contributed by atoms with Gasteiger partial charge in [-0.15, -0.1) is 0 Å². The average Bonchev–Trinajstić information content (AvgIpc) is 3.11. The van der Waals surface area contributed by atoms with Crippen LogP contribution in [-0.2, 0) is 0 Å². The quantitative estimate of drug-likeness (QED) is 0.336. The number of hydrogen-bond donors (Lipinski definition) is 1. The van der Waals surface area contributed by atoms with Crippen LogP contribution >= 0.6 is 23.2 Å². The molecule has 1 N–H and O–H groups in total. The lowest BCUT2D eigenvalue weighted by molar-refractivity contribution is 1.35. The monoisotopic (exact) mass is 388 g/mol. The summed E-state index contributed by atoms with van der Waals surface area (Å²) in [5, 5.41) is 3.57. The second-order valence-corrected chi connectivity index (χ2v) is 7.28. The lowest BCUT2D eigenvalue weighted by Gasteiger charge is -2.13. The zero-order chi connectivity index (χ0) is 18.4. The van der Waals surface area contributed by atoms with Crippen LogP contribution < -0.4 is 0 Å². The summed E-state index contributed by atoms with van der Waals surface area (Å²) >= 11 is 12.7. The largest absolute Gasteiger partial charge is 0.338 e. The Kier molecular flexibility index (Phi) is 3.89. The van der Waals surface area contributed by atoms with Crippen LogP contribution in [-0.4, -0.2) is 9.97 Å². The highest BCUT2D eigenvalue weighted by molar-refractivity contribution is 6.34. The second-order valence-electron chi connectivity index (χ2n) is 6.44. The van der Waals surface area contributed by atoms with E-state index in [-0.39, 0.29) is 0 Å². The molecule has 130 valence electrons. The number of fused-ring (bicyclic) bond motifs is 2. The molecule has 1 aromatic heterocycles. The van der Waals surface area contributed by atoms with Crippen LogP contribution in [0, 0.1) is 0 Å². The van der Waals surface area contributed by atoms with Crippen LogP contribution in [0.3, 0.4) is 0 Å². The van der Waals surface area contributed by atoms with Crippen molar-refractivity contribution in [2.75, 3.05) is 0 Å². The summed E-state index contributed by atoms with van der Waals surface area (Å²) in [6, 6.07) is 26.0. The highest BCUT2D eigenvalue weighted by Crippen LogP contribution is 2.40. The van der Waals surface area contributed by atoms with Crippen molar-refractivity contribution >= 4 is 45.0 Å². The van der Waals surface area contributed by atoms with E-state index in [0.717, 1.165) is 44.3 Å². The van der Waals surface area contributed by atoms with E-state index in [1.165, 1.54) is 0 Å². The molecule has 0 radical (unpaired) electrons. The normalized spacial score (nSPS) is 11.3. The van der Waals surface area contributed by atoms with E-state index in [0.29, 0.717) is 10.0 Å². The Morgan fingerprint density at radius 2 is 1.56 bits per heavy atom. The molecule has 2 nitrogen and oxygen atoms in total. The minimum absolute atomic E-state index is 0.711.